The van der Waals surface area contributed by atoms with Gasteiger partial charge < -0.3 is 10.6 Å². The molecule has 2 fully saturated rings. The van der Waals surface area contributed by atoms with Gasteiger partial charge in [0.2, 0.25) is 0 Å². The van der Waals surface area contributed by atoms with Crippen molar-refractivity contribution in [2.45, 2.75) is 51.5 Å². The lowest BCUT2D eigenvalue weighted by Crippen LogP contribution is -2.38. The quantitative estimate of drug-likeness (QED) is 0.698. The van der Waals surface area contributed by atoms with Gasteiger partial charge in [-0.2, -0.15) is 0 Å². The standard InChI is InChI=1S/C13H26N2/c1-13(2,14)7-8-15(9-11-3-4-11)10-12-5-6-12/h11-12H,3-10,14H2,1-2H3. The van der Waals surface area contributed by atoms with E-state index < -0.39 is 0 Å². The Morgan fingerprint density at radius 3 is 1.87 bits per heavy atom. The summed E-state index contributed by atoms with van der Waals surface area (Å²) >= 11 is 0. The van der Waals surface area contributed by atoms with Crippen LogP contribution in [0, 0.1) is 11.8 Å². The van der Waals surface area contributed by atoms with Gasteiger partial charge in [0.05, 0.1) is 0 Å². The molecular weight excluding hydrogens is 184 g/mol. The molecule has 0 spiro atoms. The van der Waals surface area contributed by atoms with Crippen molar-refractivity contribution in [1.29, 1.82) is 0 Å². The number of nitrogens with two attached hydrogens (primary N) is 1. The van der Waals surface area contributed by atoms with Crippen LogP contribution in [0.5, 0.6) is 0 Å². The zero-order valence-corrected chi connectivity index (χ0v) is 10.3. The summed E-state index contributed by atoms with van der Waals surface area (Å²) in [5.74, 6) is 2.04. The summed E-state index contributed by atoms with van der Waals surface area (Å²) < 4.78 is 0. The Morgan fingerprint density at radius 1 is 1.07 bits per heavy atom. The van der Waals surface area contributed by atoms with Crippen LogP contribution >= 0.6 is 0 Å². The normalized spacial score (nSPS) is 22.4. The molecule has 88 valence electrons. The van der Waals surface area contributed by atoms with E-state index in [0.29, 0.717) is 0 Å². The fourth-order valence-corrected chi connectivity index (χ4v) is 2.03. The van der Waals surface area contributed by atoms with Crippen LogP contribution < -0.4 is 5.73 Å². The molecule has 0 aliphatic heterocycles. The van der Waals surface area contributed by atoms with E-state index in [4.69, 9.17) is 5.73 Å². The second kappa shape index (κ2) is 4.42. The molecule has 2 aliphatic carbocycles. The van der Waals surface area contributed by atoms with Crippen molar-refractivity contribution < 1.29 is 0 Å². The fraction of sp³-hybridized carbons (Fsp3) is 1.00. The molecule has 0 aromatic heterocycles. The highest BCUT2D eigenvalue weighted by molar-refractivity contribution is 4.83. The third-order valence-electron chi connectivity index (χ3n) is 3.50. The molecule has 0 aromatic carbocycles. The fourth-order valence-electron chi connectivity index (χ4n) is 2.03. The molecule has 0 aromatic rings. The summed E-state index contributed by atoms with van der Waals surface area (Å²) in [6.45, 7) is 8.16. The van der Waals surface area contributed by atoms with Crippen LogP contribution in [0.1, 0.15) is 46.0 Å². The Hall–Kier alpha value is -0.0800. The lowest BCUT2D eigenvalue weighted by atomic mass is 10.0. The average Bonchev–Trinajstić information content (AvgIpc) is 2.92. The van der Waals surface area contributed by atoms with Gasteiger partial charge in [-0.3, -0.25) is 0 Å². The number of rotatable bonds is 7. The average molecular weight is 210 g/mol. The summed E-state index contributed by atoms with van der Waals surface area (Å²) in [4.78, 5) is 2.67. The van der Waals surface area contributed by atoms with Gasteiger partial charge in [0.1, 0.15) is 0 Å². The minimum Gasteiger partial charge on any atom is -0.326 e. The van der Waals surface area contributed by atoms with E-state index in [9.17, 15) is 0 Å². The Bertz CT molecular complexity index is 185. The molecule has 15 heavy (non-hydrogen) atoms. The maximum absolute atomic E-state index is 6.05. The van der Waals surface area contributed by atoms with E-state index in [2.05, 4.69) is 18.7 Å². The zero-order valence-electron chi connectivity index (χ0n) is 10.3. The lowest BCUT2D eigenvalue weighted by molar-refractivity contribution is 0.231. The minimum atomic E-state index is 0.00531. The van der Waals surface area contributed by atoms with E-state index in [1.165, 1.54) is 45.3 Å². The van der Waals surface area contributed by atoms with E-state index in [-0.39, 0.29) is 5.54 Å². The van der Waals surface area contributed by atoms with Crippen molar-refractivity contribution in [3.05, 3.63) is 0 Å². The molecule has 0 heterocycles. The van der Waals surface area contributed by atoms with Crippen LogP contribution in [0.2, 0.25) is 0 Å². The van der Waals surface area contributed by atoms with Gasteiger partial charge in [-0.15, -0.1) is 0 Å². The molecule has 2 nitrogen and oxygen atoms in total. The van der Waals surface area contributed by atoms with Gasteiger partial charge in [0, 0.05) is 18.6 Å². The van der Waals surface area contributed by atoms with Crippen molar-refractivity contribution in [3.8, 4) is 0 Å². The lowest BCUT2D eigenvalue weighted by Gasteiger charge is -2.26. The molecule has 0 amide bonds. The molecule has 2 rings (SSSR count). The molecule has 2 aliphatic rings. The smallest absolute Gasteiger partial charge is 0.0109 e. The SMILES string of the molecule is CC(C)(N)CCN(CC1CC1)CC1CC1. The first-order valence-electron chi connectivity index (χ1n) is 6.54. The number of hydrogen-bond acceptors (Lipinski definition) is 2. The van der Waals surface area contributed by atoms with E-state index in [0.717, 1.165) is 18.3 Å². The first-order chi connectivity index (χ1) is 7.03. The second-order valence-electron chi connectivity index (χ2n) is 6.38. The Morgan fingerprint density at radius 2 is 1.53 bits per heavy atom. The largest absolute Gasteiger partial charge is 0.326 e. The van der Waals surface area contributed by atoms with E-state index >= 15 is 0 Å². The first kappa shape index (κ1) is 11.4. The molecular formula is C13H26N2. The molecule has 0 radical (unpaired) electrons. The molecule has 2 heteroatoms. The van der Waals surface area contributed by atoms with Crippen molar-refractivity contribution in [1.82, 2.24) is 4.90 Å². The highest BCUT2D eigenvalue weighted by atomic mass is 15.1. The monoisotopic (exact) mass is 210 g/mol. The van der Waals surface area contributed by atoms with Crippen molar-refractivity contribution in [2.24, 2.45) is 17.6 Å². The Balaban J connectivity index is 1.70. The third kappa shape index (κ3) is 4.98. The zero-order chi connectivity index (χ0) is 10.9. The molecule has 2 N–H and O–H groups in total. The Labute approximate surface area is 94.2 Å². The van der Waals surface area contributed by atoms with Gasteiger partial charge in [0.15, 0.2) is 0 Å². The summed E-state index contributed by atoms with van der Waals surface area (Å²) in [7, 11) is 0. The summed E-state index contributed by atoms with van der Waals surface area (Å²) in [5.41, 5.74) is 6.06. The van der Waals surface area contributed by atoms with Crippen LogP contribution in [0.25, 0.3) is 0 Å². The van der Waals surface area contributed by atoms with E-state index in [1.807, 2.05) is 0 Å². The van der Waals surface area contributed by atoms with Gasteiger partial charge in [-0.05, 0) is 64.3 Å². The molecule has 2 saturated carbocycles. The van der Waals surface area contributed by atoms with E-state index in [1.54, 1.807) is 0 Å². The predicted octanol–water partition coefficient (Wildman–Crippen LogP) is 2.24. The highest BCUT2D eigenvalue weighted by Gasteiger charge is 2.29. The molecule has 0 unspecified atom stereocenters. The van der Waals surface area contributed by atoms with Gasteiger partial charge in [0.25, 0.3) is 0 Å². The van der Waals surface area contributed by atoms with Crippen molar-refractivity contribution in [2.75, 3.05) is 19.6 Å². The molecule has 0 atom stereocenters. The second-order valence-corrected chi connectivity index (χ2v) is 6.38. The van der Waals surface area contributed by atoms with Crippen LogP contribution in [0.15, 0.2) is 0 Å². The van der Waals surface area contributed by atoms with Crippen LogP contribution in [0.4, 0.5) is 0 Å². The van der Waals surface area contributed by atoms with Gasteiger partial charge in [-0.25, -0.2) is 0 Å². The topological polar surface area (TPSA) is 29.3 Å². The Kier molecular flexibility index (Phi) is 3.36. The maximum Gasteiger partial charge on any atom is 0.0109 e. The minimum absolute atomic E-state index is 0.00531. The molecule has 0 bridgehead atoms. The first-order valence-corrected chi connectivity index (χ1v) is 6.54. The number of nitrogens with zero attached hydrogens (tertiary/aromatic N) is 1. The summed E-state index contributed by atoms with van der Waals surface area (Å²) in [6, 6.07) is 0. The highest BCUT2D eigenvalue weighted by Crippen LogP contribution is 2.33. The predicted molar refractivity (Wildman–Crippen MR) is 64.8 cm³/mol. The van der Waals surface area contributed by atoms with Crippen LogP contribution in [-0.4, -0.2) is 30.1 Å². The van der Waals surface area contributed by atoms with Crippen molar-refractivity contribution in [3.63, 3.8) is 0 Å². The van der Waals surface area contributed by atoms with Crippen LogP contribution in [-0.2, 0) is 0 Å². The summed E-state index contributed by atoms with van der Waals surface area (Å²) in [6.07, 6.45) is 6.99. The molecule has 0 saturated heterocycles. The van der Waals surface area contributed by atoms with Crippen LogP contribution in [0.3, 0.4) is 0 Å². The van der Waals surface area contributed by atoms with Gasteiger partial charge in [-0.1, -0.05) is 0 Å². The van der Waals surface area contributed by atoms with Crippen molar-refractivity contribution >= 4 is 0 Å². The number of hydrogen-bond donors (Lipinski definition) is 1. The van der Waals surface area contributed by atoms with Gasteiger partial charge >= 0.3 is 0 Å². The third-order valence-corrected chi connectivity index (χ3v) is 3.50. The summed E-state index contributed by atoms with van der Waals surface area (Å²) in [5, 5.41) is 0. The maximum atomic E-state index is 6.05.